The standard InChI is InChI=1S/C18H19NO/c1-2-15-11-13(3-5-17(15)19-8-1)10-14-4-6-18-16(12-14)7-9-20-18/h3-6,11-12,19H,1-2,7-10H2. The highest BCUT2D eigenvalue weighted by atomic mass is 16.5. The molecule has 0 fully saturated rings. The van der Waals surface area contributed by atoms with E-state index in [2.05, 4.69) is 41.7 Å². The fraction of sp³-hybridized carbons (Fsp3) is 0.333. The third-order valence-corrected chi connectivity index (χ3v) is 4.27. The maximum atomic E-state index is 5.57. The fourth-order valence-corrected chi connectivity index (χ4v) is 3.22. The summed E-state index contributed by atoms with van der Waals surface area (Å²) in [4.78, 5) is 0. The molecule has 0 unspecified atom stereocenters. The van der Waals surface area contributed by atoms with Gasteiger partial charge < -0.3 is 10.1 Å². The van der Waals surface area contributed by atoms with Crippen molar-refractivity contribution in [3.05, 3.63) is 58.7 Å². The van der Waals surface area contributed by atoms with Gasteiger partial charge in [-0.3, -0.25) is 0 Å². The van der Waals surface area contributed by atoms with E-state index in [0.717, 1.165) is 31.7 Å². The average molecular weight is 265 g/mol. The SMILES string of the molecule is c1cc2c(cc1Cc1ccc3c(c1)CCO3)CCCN2. The van der Waals surface area contributed by atoms with Gasteiger partial charge in [0.25, 0.3) is 0 Å². The Kier molecular flexibility index (Phi) is 2.87. The second-order valence-corrected chi connectivity index (χ2v) is 5.74. The molecule has 0 saturated carbocycles. The number of anilines is 1. The van der Waals surface area contributed by atoms with Crippen LogP contribution in [0.3, 0.4) is 0 Å². The number of aryl methyl sites for hydroxylation is 1. The molecular weight excluding hydrogens is 246 g/mol. The van der Waals surface area contributed by atoms with Crippen LogP contribution in [0.5, 0.6) is 5.75 Å². The normalized spacial score (nSPS) is 16.0. The van der Waals surface area contributed by atoms with Crippen LogP contribution in [0, 0.1) is 0 Å². The molecule has 2 nitrogen and oxygen atoms in total. The first-order valence-electron chi connectivity index (χ1n) is 7.49. The summed E-state index contributed by atoms with van der Waals surface area (Å²) >= 11 is 0. The van der Waals surface area contributed by atoms with Gasteiger partial charge in [0.15, 0.2) is 0 Å². The Hall–Kier alpha value is -1.96. The summed E-state index contributed by atoms with van der Waals surface area (Å²) in [5, 5.41) is 3.47. The molecule has 0 amide bonds. The molecule has 0 bridgehead atoms. The van der Waals surface area contributed by atoms with E-state index >= 15 is 0 Å². The molecule has 4 rings (SSSR count). The molecule has 2 heteroatoms. The van der Waals surface area contributed by atoms with Crippen molar-refractivity contribution in [2.45, 2.75) is 25.7 Å². The number of hydrogen-bond acceptors (Lipinski definition) is 2. The van der Waals surface area contributed by atoms with Gasteiger partial charge in [-0.1, -0.05) is 24.3 Å². The monoisotopic (exact) mass is 265 g/mol. The van der Waals surface area contributed by atoms with Crippen molar-refractivity contribution in [3.63, 3.8) is 0 Å². The minimum absolute atomic E-state index is 0.837. The summed E-state index contributed by atoms with van der Waals surface area (Å²) in [6.45, 7) is 1.94. The first-order chi connectivity index (χ1) is 9.88. The quantitative estimate of drug-likeness (QED) is 0.896. The van der Waals surface area contributed by atoms with E-state index in [1.165, 1.54) is 40.8 Å². The molecule has 0 saturated heterocycles. The topological polar surface area (TPSA) is 21.3 Å². The van der Waals surface area contributed by atoms with Crippen LogP contribution in [0.15, 0.2) is 36.4 Å². The lowest BCUT2D eigenvalue weighted by Gasteiger charge is -2.18. The molecule has 0 aliphatic carbocycles. The summed E-state index contributed by atoms with van der Waals surface area (Å²) in [6, 6.07) is 13.5. The zero-order valence-electron chi connectivity index (χ0n) is 11.6. The number of nitrogens with one attached hydrogen (secondary N) is 1. The molecule has 0 aromatic heterocycles. The number of benzene rings is 2. The Morgan fingerprint density at radius 3 is 2.75 bits per heavy atom. The summed E-state index contributed by atoms with van der Waals surface area (Å²) in [5.41, 5.74) is 6.95. The third-order valence-electron chi connectivity index (χ3n) is 4.27. The minimum atomic E-state index is 0.837. The molecule has 2 aliphatic rings. The third kappa shape index (κ3) is 2.15. The van der Waals surface area contributed by atoms with Gasteiger partial charge in [0.2, 0.25) is 0 Å². The minimum Gasteiger partial charge on any atom is -0.493 e. The van der Waals surface area contributed by atoms with Gasteiger partial charge in [0.05, 0.1) is 6.61 Å². The first kappa shape index (κ1) is 11.8. The highest BCUT2D eigenvalue weighted by Crippen LogP contribution is 2.28. The van der Waals surface area contributed by atoms with E-state index < -0.39 is 0 Å². The lowest BCUT2D eigenvalue weighted by Crippen LogP contribution is -2.11. The molecule has 0 atom stereocenters. The fourth-order valence-electron chi connectivity index (χ4n) is 3.22. The molecule has 20 heavy (non-hydrogen) atoms. The Morgan fingerprint density at radius 2 is 1.80 bits per heavy atom. The number of fused-ring (bicyclic) bond motifs is 2. The van der Waals surface area contributed by atoms with Crippen molar-refractivity contribution >= 4 is 5.69 Å². The van der Waals surface area contributed by atoms with Gasteiger partial charge in [-0.15, -0.1) is 0 Å². The van der Waals surface area contributed by atoms with E-state index in [9.17, 15) is 0 Å². The molecule has 2 aromatic carbocycles. The van der Waals surface area contributed by atoms with Gasteiger partial charge in [0.1, 0.15) is 5.75 Å². The predicted molar refractivity (Wildman–Crippen MR) is 81.7 cm³/mol. The van der Waals surface area contributed by atoms with Crippen LogP contribution >= 0.6 is 0 Å². The van der Waals surface area contributed by atoms with E-state index in [-0.39, 0.29) is 0 Å². The molecule has 2 aliphatic heterocycles. The van der Waals surface area contributed by atoms with Crippen LogP contribution in [0.4, 0.5) is 5.69 Å². The van der Waals surface area contributed by atoms with Gasteiger partial charge in [-0.2, -0.15) is 0 Å². The maximum absolute atomic E-state index is 5.57. The summed E-state index contributed by atoms with van der Waals surface area (Å²) in [6.07, 6.45) is 4.51. The van der Waals surface area contributed by atoms with Crippen molar-refractivity contribution in [2.24, 2.45) is 0 Å². The molecular formula is C18H19NO. The van der Waals surface area contributed by atoms with Crippen LogP contribution in [-0.2, 0) is 19.3 Å². The van der Waals surface area contributed by atoms with Crippen molar-refractivity contribution in [1.82, 2.24) is 0 Å². The van der Waals surface area contributed by atoms with Crippen molar-refractivity contribution < 1.29 is 4.74 Å². The number of ether oxygens (including phenoxy) is 1. The molecule has 0 spiro atoms. The Bertz CT molecular complexity index is 648. The average Bonchev–Trinajstić information content (AvgIpc) is 2.95. The summed E-state index contributed by atoms with van der Waals surface area (Å²) < 4.78 is 5.57. The van der Waals surface area contributed by atoms with Crippen LogP contribution in [0.1, 0.15) is 28.7 Å². The first-order valence-corrected chi connectivity index (χ1v) is 7.49. The Balaban J connectivity index is 1.59. The predicted octanol–water partition coefficient (Wildman–Crippen LogP) is 3.57. The Morgan fingerprint density at radius 1 is 0.950 bits per heavy atom. The van der Waals surface area contributed by atoms with E-state index in [1.807, 2.05) is 0 Å². The zero-order valence-corrected chi connectivity index (χ0v) is 11.6. The van der Waals surface area contributed by atoms with E-state index in [0.29, 0.717) is 0 Å². The maximum Gasteiger partial charge on any atom is 0.122 e. The van der Waals surface area contributed by atoms with E-state index in [1.54, 1.807) is 0 Å². The van der Waals surface area contributed by atoms with Crippen LogP contribution in [-0.4, -0.2) is 13.2 Å². The largest absolute Gasteiger partial charge is 0.493 e. The van der Waals surface area contributed by atoms with Gasteiger partial charge >= 0.3 is 0 Å². The highest BCUT2D eigenvalue weighted by molar-refractivity contribution is 5.55. The molecule has 0 radical (unpaired) electrons. The lowest BCUT2D eigenvalue weighted by molar-refractivity contribution is 0.357. The molecule has 2 aromatic rings. The van der Waals surface area contributed by atoms with E-state index in [4.69, 9.17) is 4.74 Å². The second kappa shape index (κ2) is 4.86. The number of hydrogen-bond donors (Lipinski definition) is 1. The number of rotatable bonds is 2. The Labute approximate surface area is 119 Å². The van der Waals surface area contributed by atoms with Crippen LogP contribution < -0.4 is 10.1 Å². The van der Waals surface area contributed by atoms with Crippen LogP contribution in [0.2, 0.25) is 0 Å². The molecule has 102 valence electrons. The van der Waals surface area contributed by atoms with Crippen molar-refractivity contribution in [3.8, 4) is 5.75 Å². The zero-order chi connectivity index (χ0) is 13.4. The smallest absolute Gasteiger partial charge is 0.122 e. The van der Waals surface area contributed by atoms with Gasteiger partial charge in [-0.05, 0) is 53.6 Å². The van der Waals surface area contributed by atoms with Gasteiger partial charge in [-0.25, -0.2) is 0 Å². The van der Waals surface area contributed by atoms with Crippen LogP contribution in [0.25, 0.3) is 0 Å². The lowest BCUT2D eigenvalue weighted by atomic mass is 9.96. The summed E-state index contributed by atoms with van der Waals surface area (Å²) in [5.74, 6) is 1.07. The van der Waals surface area contributed by atoms with Crippen molar-refractivity contribution in [1.29, 1.82) is 0 Å². The van der Waals surface area contributed by atoms with Crippen molar-refractivity contribution in [2.75, 3.05) is 18.5 Å². The van der Waals surface area contributed by atoms with Gasteiger partial charge in [0, 0.05) is 18.7 Å². The summed E-state index contributed by atoms with van der Waals surface area (Å²) in [7, 11) is 0. The molecule has 2 heterocycles. The second-order valence-electron chi connectivity index (χ2n) is 5.74. The molecule has 1 N–H and O–H groups in total. The highest BCUT2D eigenvalue weighted by Gasteiger charge is 2.13.